The zero-order valence-corrected chi connectivity index (χ0v) is 15.6. The first-order chi connectivity index (χ1) is 13.1. The number of nitrogens with zero attached hydrogens (tertiary/aromatic N) is 4. The van der Waals surface area contributed by atoms with Crippen molar-refractivity contribution in [1.82, 2.24) is 9.55 Å². The molecular formula is C20H18N4O2S. The number of aryl methyl sites for hydroxylation is 1. The molecule has 0 unspecified atom stereocenters. The van der Waals surface area contributed by atoms with Crippen LogP contribution in [0.2, 0.25) is 0 Å². The average molecular weight is 378 g/mol. The summed E-state index contributed by atoms with van der Waals surface area (Å²) in [7, 11) is 1.68. The van der Waals surface area contributed by atoms with Gasteiger partial charge in [-0.3, -0.25) is 9.78 Å². The van der Waals surface area contributed by atoms with Gasteiger partial charge in [0.2, 0.25) is 0 Å². The molecule has 0 aliphatic carbocycles. The fraction of sp³-hybridized carbons (Fsp3) is 0.200. The monoisotopic (exact) mass is 378 g/mol. The summed E-state index contributed by atoms with van der Waals surface area (Å²) in [5, 5.41) is 22.0. The highest BCUT2D eigenvalue weighted by atomic mass is 32.1. The summed E-state index contributed by atoms with van der Waals surface area (Å²) in [5.41, 5.74) is 1.31. The number of anilines is 1. The van der Waals surface area contributed by atoms with Crippen molar-refractivity contribution in [2.24, 2.45) is 13.0 Å². The minimum Gasteiger partial charge on any atom is -0.368 e. The lowest BCUT2D eigenvalue weighted by Crippen LogP contribution is -2.51. The molecule has 1 saturated heterocycles. The lowest BCUT2D eigenvalue weighted by molar-refractivity contribution is 0.435. The normalized spacial score (nSPS) is 15.1. The summed E-state index contributed by atoms with van der Waals surface area (Å²) in [5.74, 6) is -0.0111. The zero-order chi connectivity index (χ0) is 19.0. The van der Waals surface area contributed by atoms with Crippen molar-refractivity contribution in [3.63, 3.8) is 0 Å². The predicted molar refractivity (Wildman–Crippen MR) is 109 cm³/mol. The molecule has 7 heteroatoms. The van der Waals surface area contributed by atoms with E-state index in [9.17, 15) is 15.2 Å². The van der Waals surface area contributed by atoms with Crippen LogP contribution in [0.1, 0.15) is 5.56 Å². The second kappa shape index (κ2) is 6.99. The maximum atomic E-state index is 12.6. The number of nitriles is 1. The van der Waals surface area contributed by atoms with Gasteiger partial charge in [-0.15, -0.1) is 11.4 Å². The molecule has 6 nitrogen and oxygen atoms in total. The highest BCUT2D eigenvalue weighted by Crippen LogP contribution is 2.34. The third-order valence-electron chi connectivity index (χ3n) is 4.83. The summed E-state index contributed by atoms with van der Waals surface area (Å²) in [6, 6.07) is 15.3. The van der Waals surface area contributed by atoms with E-state index in [1.807, 2.05) is 47.4 Å². The molecule has 27 heavy (non-hydrogen) atoms. The van der Waals surface area contributed by atoms with E-state index in [4.69, 9.17) is 0 Å². The zero-order valence-electron chi connectivity index (χ0n) is 14.7. The molecule has 3 aromatic rings. The van der Waals surface area contributed by atoms with Crippen LogP contribution in [0.25, 0.3) is 10.9 Å². The second-order valence-electron chi connectivity index (χ2n) is 6.48. The summed E-state index contributed by atoms with van der Waals surface area (Å²) >= 11 is 0.695. The Morgan fingerprint density at radius 1 is 1.26 bits per heavy atom. The molecule has 2 aromatic heterocycles. The van der Waals surface area contributed by atoms with Crippen LogP contribution in [0.3, 0.4) is 0 Å². The van der Waals surface area contributed by atoms with Crippen LogP contribution >= 0.6 is 11.4 Å². The molecule has 0 saturated carbocycles. The Balaban J connectivity index is 1.68. The highest BCUT2D eigenvalue weighted by molar-refractivity contribution is 7.98. The number of aliphatic hydroxyl groups is 1. The third kappa shape index (κ3) is 3.03. The van der Waals surface area contributed by atoms with Gasteiger partial charge in [0.1, 0.15) is 11.6 Å². The van der Waals surface area contributed by atoms with E-state index in [1.165, 1.54) is 4.57 Å². The Morgan fingerprint density at radius 3 is 2.70 bits per heavy atom. The molecule has 1 aliphatic rings. The summed E-state index contributed by atoms with van der Waals surface area (Å²) < 4.78 is 1.51. The van der Waals surface area contributed by atoms with Crippen molar-refractivity contribution in [3.05, 3.63) is 64.6 Å². The Kier molecular flexibility index (Phi) is 4.52. The van der Waals surface area contributed by atoms with Crippen molar-refractivity contribution < 1.29 is 5.11 Å². The molecule has 0 bridgehead atoms. The van der Waals surface area contributed by atoms with E-state index >= 15 is 0 Å². The quantitative estimate of drug-likeness (QED) is 0.540. The molecular weight excluding hydrogens is 360 g/mol. The maximum Gasteiger partial charge on any atom is 0.270 e. The van der Waals surface area contributed by atoms with E-state index in [0.29, 0.717) is 35.2 Å². The number of pyridine rings is 2. The summed E-state index contributed by atoms with van der Waals surface area (Å²) in [6.07, 6.45) is 1.70. The van der Waals surface area contributed by atoms with Gasteiger partial charge in [-0.05, 0) is 18.2 Å². The Morgan fingerprint density at radius 2 is 2.00 bits per heavy atom. The lowest BCUT2D eigenvalue weighted by Gasteiger charge is -2.41. The second-order valence-corrected chi connectivity index (χ2v) is 7.62. The molecule has 3 heterocycles. The van der Waals surface area contributed by atoms with Crippen LogP contribution in [0.4, 0.5) is 5.69 Å². The molecule has 0 atom stereocenters. The van der Waals surface area contributed by atoms with Crippen molar-refractivity contribution in [3.8, 4) is 6.07 Å². The van der Waals surface area contributed by atoms with Crippen LogP contribution in [0.5, 0.6) is 0 Å². The van der Waals surface area contributed by atoms with Crippen LogP contribution < -0.4 is 10.5 Å². The van der Waals surface area contributed by atoms with E-state index in [1.54, 1.807) is 13.2 Å². The van der Waals surface area contributed by atoms with Crippen molar-refractivity contribution in [2.45, 2.75) is 5.03 Å². The first kappa shape index (κ1) is 17.5. The van der Waals surface area contributed by atoms with Gasteiger partial charge in [-0.1, -0.05) is 24.3 Å². The smallest absolute Gasteiger partial charge is 0.270 e. The number of hydrogen-bond acceptors (Lipinski definition) is 4. The van der Waals surface area contributed by atoms with E-state index in [0.717, 1.165) is 15.9 Å². The molecule has 0 radical (unpaired) electrons. The van der Waals surface area contributed by atoms with Gasteiger partial charge in [0.15, 0.2) is 0 Å². The number of hydrogen-bond donors (Lipinski definition) is 2. The first-order valence-electron chi connectivity index (χ1n) is 8.55. The number of fused-ring (bicyclic) bond motifs is 1. The van der Waals surface area contributed by atoms with Gasteiger partial charge in [-0.25, -0.2) is 0 Å². The highest BCUT2D eigenvalue weighted by Gasteiger charge is 2.33. The number of rotatable bonds is 3. The van der Waals surface area contributed by atoms with Gasteiger partial charge < -0.3 is 14.6 Å². The van der Waals surface area contributed by atoms with Gasteiger partial charge in [0.05, 0.1) is 21.3 Å². The fourth-order valence-electron chi connectivity index (χ4n) is 3.36. The van der Waals surface area contributed by atoms with E-state index in [2.05, 4.69) is 11.1 Å². The van der Waals surface area contributed by atoms with E-state index < -0.39 is 0 Å². The van der Waals surface area contributed by atoms with Crippen molar-refractivity contribution >= 4 is 33.0 Å². The standard InChI is InChI=1S/C20H18N4O2S/c1-23-16-7-3-2-6-14(16)18(15(10-21)19(23)25)24-11-13(12-24)20(26)27-17-8-4-5-9-22-17/h2-9,13,26-27H,11-12H2,1H3. The number of para-hydroxylation sites is 1. The van der Waals surface area contributed by atoms with Gasteiger partial charge in [0, 0.05) is 37.6 Å². The van der Waals surface area contributed by atoms with Crippen LogP contribution in [-0.2, 0) is 7.05 Å². The van der Waals surface area contributed by atoms with Crippen LogP contribution in [0, 0.1) is 17.2 Å². The summed E-state index contributed by atoms with van der Waals surface area (Å²) in [4.78, 5) is 18.8. The average Bonchev–Trinajstić information content (AvgIpc) is 2.65. The summed E-state index contributed by atoms with van der Waals surface area (Å²) in [6.45, 7) is 1.13. The minimum absolute atomic E-state index is 0.0111. The van der Waals surface area contributed by atoms with Gasteiger partial charge >= 0.3 is 0 Å². The minimum atomic E-state index is -0.297. The van der Waals surface area contributed by atoms with Gasteiger partial charge in [-0.2, -0.15) is 5.26 Å². The Labute approximate surface area is 159 Å². The SMILES string of the molecule is Cn1c(=O)c(C#N)c(N2CC(C(O)=[SH]c3ccccn3)C2)c2ccccc21. The van der Waals surface area contributed by atoms with Crippen LogP contribution in [0.15, 0.2) is 58.5 Å². The molecule has 1 aliphatic heterocycles. The molecule has 0 amide bonds. The molecule has 136 valence electrons. The molecule has 1 fully saturated rings. The number of benzene rings is 1. The topological polar surface area (TPSA) is 82.2 Å². The largest absolute Gasteiger partial charge is 0.368 e. The van der Waals surface area contributed by atoms with E-state index in [-0.39, 0.29) is 17.0 Å². The Bertz CT molecular complexity index is 1140. The fourth-order valence-corrected chi connectivity index (χ4v) is 4.23. The lowest BCUT2D eigenvalue weighted by atomic mass is 9.97. The molecule has 1 N–H and O–H groups in total. The number of thiol groups is 1. The van der Waals surface area contributed by atoms with Crippen molar-refractivity contribution in [1.29, 1.82) is 5.26 Å². The maximum absolute atomic E-state index is 12.6. The number of aromatic nitrogens is 2. The van der Waals surface area contributed by atoms with Gasteiger partial charge in [0.25, 0.3) is 5.56 Å². The Hall–Kier alpha value is -2.95. The first-order valence-corrected chi connectivity index (χ1v) is 9.45. The predicted octanol–water partition coefficient (Wildman–Crippen LogP) is 2.45. The van der Waals surface area contributed by atoms with Crippen molar-refractivity contribution in [2.75, 3.05) is 18.0 Å². The molecule has 4 rings (SSSR count). The third-order valence-corrected chi connectivity index (χ3v) is 5.92. The molecule has 0 spiro atoms. The number of aliphatic hydroxyl groups excluding tert-OH is 1. The molecule has 1 aromatic carbocycles. The van der Waals surface area contributed by atoms with Crippen LogP contribution in [-0.4, -0.2) is 32.8 Å².